The van der Waals surface area contributed by atoms with Crippen LogP contribution in [0.15, 0.2) is 71.9 Å². The van der Waals surface area contributed by atoms with Crippen molar-refractivity contribution in [2.75, 3.05) is 84.4 Å². The van der Waals surface area contributed by atoms with Crippen LogP contribution in [0.25, 0.3) is 0 Å². The summed E-state index contributed by atoms with van der Waals surface area (Å²) in [5.74, 6) is -4.18. The summed E-state index contributed by atoms with van der Waals surface area (Å²) in [6.07, 6.45) is 5.10. The number of nitrogens with one attached hydrogen (secondary N) is 4. The van der Waals surface area contributed by atoms with Gasteiger partial charge >= 0.3 is 24.1 Å². The maximum absolute atomic E-state index is 14.3. The number of likely N-dealkylation sites (N-methyl/N-ethyl adjacent to an activating group) is 2. The molecule has 2 aromatic rings. The fraction of sp³-hybridized carbons (Fsp3) is 0.640. The number of likely N-dealkylation sites (tertiary alicyclic amines) is 1. The number of hydrogen-bond acceptors (Lipinski definition) is 27. The number of allylic oxidation sites excluding steroid dienone is 6. The van der Waals surface area contributed by atoms with Crippen LogP contribution >= 0.6 is 56.6 Å². The lowest BCUT2D eigenvalue weighted by Crippen LogP contribution is -2.63. The number of hydrogen-bond donors (Lipinski definition) is 8. The maximum Gasteiger partial charge on any atom is 0.409 e. The van der Waals surface area contributed by atoms with Gasteiger partial charge in [-0.2, -0.15) is 0 Å². The lowest BCUT2D eigenvalue weighted by Gasteiger charge is -2.42. The van der Waals surface area contributed by atoms with Crippen molar-refractivity contribution < 1.29 is 116 Å². The average molecular weight is 1870 g/mol. The summed E-state index contributed by atoms with van der Waals surface area (Å²) in [5.41, 5.74) is -1.55. The van der Waals surface area contributed by atoms with E-state index in [9.17, 15) is 78.0 Å². The minimum atomic E-state index is -1.88. The highest BCUT2D eigenvalue weighted by Gasteiger charge is 2.66. The number of ether oxygens (including phenoxy) is 8. The zero-order valence-corrected chi connectivity index (χ0v) is 79.3. The first-order valence-electron chi connectivity index (χ1n) is 42.9. The van der Waals surface area contributed by atoms with Crippen molar-refractivity contribution in [2.24, 2.45) is 23.7 Å². The molecule has 38 heteroatoms. The van der Waals surface area contributed by atoms with E-state index >= 15 is 0 Å². The van der Waals surface area contributed by atoms with Crippen LogP contribution < -0.4 is 31.1 Å². The number of anilines is 2. The van der Waals surface area contributed by atoms with E-state index in [1.165, 1.54) is 89.3 Å². The molecular weight excluding hydrogens is 1750 g/mol. The van der Waals surface area contributed by atoms with Gasteiger partial charge < -0.3 is 88.6 Å². The third-order valence-corrected chi connectivity index (χ3v) is 30.6. The van der Waals surface area contributed by atoms with Gasteiger partial charge in [0.05, 0.1) is 64.9 Å². The molecule has 2 unspecified atom stereocenters. The van der Waals surface area contributed by atoms with Gasteiger partial charge in [-0.1, -0.05) is 125 Å². The molecule has 1 saturated carbocycles. The lowest BCUT2D eigenvalue weighted by molar-refractivity contribution is -0.162. The molecule has 0 spiro atoms. The number of aliphatic hydroxyl groups excluding tert-OH is 2. The minimum absolute atomic E-state index is 0.0109. The van der Waals surface area contributed by atoms with E-state index < -0.39 is 156 Å². The van der Waals surface area contributed by atoms with Gasteiger partial charge in [0.25, 0.3) is 0 Å². The summed E-state index contributed by atoms with van der Waals surface area (Å²) >= 11 is 14.7. The Morgan fingerprint density at radius 2 is 1.08 bits per heavy atom. The van der Waals surface area contributed by atoms with Gasteiger partial charge in [0.15, 0.2) is 11.4 Å². The molecule has 8 N–H and O–H groups in total. The van der Waals surface area contributed by atoms with Gasteiger partial charge in [-0.05, 0) is 127 Å². The number of thioether (sulfide) groups is 1. The Labute approximate surface area is 764 Å². The number of carbonyl (C=O) groups excluding carboxylic acids is 12. The fourth-order valence-corrected chi connectivity index (χ4v) is 21.1. The van der Waals surface area contributed by atoms with Crippen LogP contribution in [0.1, 0.15) is 168 Å². The van der Waals surface area contributed by atoms with Crippen LogP contribution in [-0.4, -0.2) is 275 Å². The van der Waals surface area contributed by atoms with E-state index in [2.05, 4.69) is 21.3 Å². The molecule has 702 valence electrons. The molecule has 33 nitrogen and oxygen atoms in total. The number of alkyl carbamates (subject to hydrolysis) is 2. The molecule has 6 fully saturated rings. The Bertz CT molecular complexity index is 4520. The first-order valence-corrected chi connectivity index (χ1v) is 47.1. The first kappa shape index (κ1) is 103. The lowest BCUT2D eigenvalue weighted by atomic mass is 9.81. The Morgan fingerprint density at radius 1 is 0.638 bits per heavy atom. The third-order valence-electron chi connectivity index (χ3n) is 25.6. The largest absolute Gasteiger partial charge is 0.457 e. The predicted molar refractivity (Wildman–Crippen MR) is 480 cm³/mol. The topological polar surface area (TPSA) is 431 Å². The van der Waals surface area contributed by atoms with E-state index in [1.807, 2.05) is 32.9 Å². The molecule has 1 aliphatic carbocycles. The molecule has 127 heavy (non-hydrogen) atoms. The molecule has 0 radical (unpaired) electrons. The molecule has 7 heterocycles. The highest BCUT2D eigenvalue weighted by Crippen LogP contribution is 2.52. The summed E-state index contributed by atoms with van der Waals surface area (Å²) in [6, 6.07) is 4.85. The highest BCUT2D eigenvalue weighted by molar-refractivity contribution is 8.76. The van der Waals surface area contributed by atoms with Crippen molar-refractivity contribution in [1.82, 2.24) is 36.0 Å². The summed E-state index contributed by atoms with van der Waals surface area (Å²) in [6.45, 7) is 15.3. The number of aliphatic hydroxyl groups is 4. The van der Waals surface area contributed by atoms with Crippen molar-refractivity contribution in [1.29, 1.82) is 0 Å². The number of nitrogens with zero attached hydrogens (tertiary/aromatic N) is 5. The van der Waals surface area contributed by atoms with E-state index in [0.29, 0.717) is 73.3 Å². The van der Waals surface area contributed by atoms with Crippen LogP contribution in [0.2, 0.25) is 10.0 Å². The van der Waals surface area contributed by atoms with Crippen LogP contribution in [0.4, 0.5) is 21.0 Å². The van der Waals surface area contributed by atoms with Crippen LogP contribution in [0, 0.1) is 23.7 Å². The molecule has 8 bridgehead atoms. The molecule has 5 saturated heterocycles. The van der Waals surface area contributed by atoms with Gasteiger partial charge in [-0.15, -0.1) is 11.8 Å². The smallest absolute Gasteiger partial charge is 0.409 e. The average Bonchev–Trinajstić information content (AvgIpc) is 1.57. The minimum Gasteiger partial charge on any atom is -0.457 e. The van der Waals surface area contributed by atoms with E-state index in [-0.39, 0.29) is 108 Å². The fourth-order valence-electron chi connectivity index (χ4n) is 17.0. The zero-order valence-electron chi connectivity index (χ0n) is 75.3. The van der Waals surface area contributed by atoms with E-state index in [1.54, 1.807) is 115 Å². The Morgan fingerprint density at radius 3 is 1.50 bits per heavy atom. The van der Waals surface area contributed by atoms with Crippen molar-refractivity contribution in [3.8, 4) is 0 Å². The molecule has 10 rings (SSSR count). The number of benzene rings is 2. The van der Waals surface area contributed by atoms with Crippen LogP contribution in [-0.2, 0) is 112 Å². The number of fused-ring (bicyclic) bond motifs is 10. The number of rotatable bonds is 25. The number of imide groups is 1. The molecule has 0 aromatic heterocycles. The van der Waals surface area contributed by atoms with Gasteiger partial charge in [-0.3, -0.25) is 53.9 Å². The number of esters is 2. The monoisotopic (exact) mass is 1870 g/mol. The van der Waals surface area contributed by atoms with Crippen molar-refractivity contribution in [2.45, 2.75) is 266 Å². The third kappa shape index (κ3) is 25.5. The van der Waals surface area contributed by atoms with E-state index in [0.717, 1.165) is 35.1 Å². The maximum atomic E-state index is 14.3. The van der Waals surface area contributed by atoms with Crippen molar-refractivity contribution in [3.63, 3.8) is 0 Å². The Hall–Kier alpha value is -7.85. The quantitative estimate of drug-likeness (QED) is 0.0115. The molecule has 18 atom stereocenters. The number of halogens is 2. The van der Waals surface area contributed by atoms with Crippen molar-refractivity contribution >= 4 is 139 Å². The van der Waals surface area contributed by atoms with Crippen molar-refractivity contribution in [3.05, 3.63) is 104 Å². The second kappa shape index (κ2) is 44.8. The number of methoxy groups -OCH3 is 2. The Kier molecular flexibility index (Phi) is 36.3. The molecular formula is C89H125Cl2N9O24S3. The van der Waals surface area contributed by atoms with Gasteiger partial charge in [0.1, 0.15) is 59.9 Å². The van der Waals surface area contributed by atoms with Gasteiger partial charge in [0, 0.05) is 136 Å². The van der Waals surface area contributed by atoms with Crippen LogP contribution in [0.3, 0.4) is 0 Å². The summed E-state index contributed by atoms with van der Waals surface area (Å²) in [4.78, 5) is 166. The standard InChI is InChI=1S/C48H66ClN5O13S.C41H59ClN4O11S2/c1-26-10-9-11-36(64-8)48(63)23-34(65-46(62)51-48)27(2)42-47(4,67-42)37(22-39(57)53(7)33-20-30(18-26)19-32(25-55)41(33)49)66-45(61)28(3)52(6)38(56)16-17-68-35-21-40(58)54(44(35)60)24-29-12-14-31(15-13-29)43(59)50-5;1-23-11-10-12-31(54-9)41(53)21-30(55-39(52)44-41)25(3)37-40(5,57-37)32(20-35(50)46(8)29-19-27(17-23)18-28(22-47)36(29)42)56-38(51)26(4)45(7)34(49)15-16-58-59-24(2)13-14-33(48)43-6/h9-11,19-20,27-29,31,34-37,42,55,63H,12-18,21-25H2,1-8H3,(H,50,59)(H,51,62);10-12,18-19,24-26,30-32,37,47,53H,13-17,20-22H2,1-9H3,(H,43,48)(H,44,52)/b11-9+,26-10+;12-10+,23-11+/t27-,28+,29?,31?,34+,35?,36-,37+,42+,47+,48+;24?,25-,26+,30+,31-,32+,37+,40+,41+/m11/s1. The SMILES string of the molecule is CNC(=O)C1CCC(CN2C(=O)CC(SCCC(=O)N(C)[C@@H](C)C(=O)O[C@H]3CC(=O)N(C)c4cc(cc(CO)c4Cl)C/C(C)=C/C=C/[C@@H](OC)[C@@]4(O)C[C@H](OC(=O)N4)[C@@H](C)[C@@H]4O[C@@]34C)C2=O)CC1.CNC(=O)CCC(C)SSCCC(=O)N(C)[C@@H](C)C(=O)O[C@H]1CC(=O)N(C)c2cc(cc(CO)c2Cl)C/C(C)=C/C=C/[C@@H](OC)[C@@]2(O)C[C@H](OC(=O)N2)[C@@H](C)[C@@H]2O[C@@]12C. The van der Waals surface area contributed by atoms with Gasteiger partial charge in [-0.25, -0.2) is 19.2 Å². The van der Waals surface area contributed by atoms with E-state index in [4.69, 9.17) is 61.1 Å². The predicted octanol–water partition coefficient (Wildman–Crippen LogP) is 8.49. The summed E-state index contributed by atoms with van der Waals surface area (Å²) < 4.78 is 47.5. The van der Waals surface area contributed by atoms with Crippen LogP contribution in [0.5, 0.6) is 0 Å². The number of epoxide rings is 2. The second-order valence-electron chi connectivity index (χ2n) is 34.7. The van der Waals surface area contributed by atoms with Gasteiger partial charge in [0.2, 0.25) is 47.3 Å². The normalized spacial score (nSPS) is 31.4. The molecule has 7 aliphatic heterocycles. The first-order chi connectivity index (χ1) is 59.9. The second-order valence-corrected chi connectivity index (χ2v) is 39.7. The molecule has 8 aliphatic rings. The summed E-state index contributed by atoms with van der Waals surface area (Å²) in [7, 11) is 15.2. The zero-order chi connectivity index (χ0) is 93.6. The molecule has 10 amide bonds. The highest BCUT2D eigenvalue weighted by atomic mass is 35.5. The summed E-state index contributed by atoms with van der Waals surface area (Å²) in [5, 5.41) is 54.3. The number of amides is 10. The number of carbonyl (C=O) groups is 12. The molecule has 2 aromatic carbocycles. The Balaban J connectivity index is 0.000000290.